The smallest absolute Gasteiger partial charge is 0.129 e. The summed E-state index contributed by atoms with van der Waals surface area (Å²) in [5, 5.41) is 11.2. The van der Waals surface area contributed by atoms with E-state index in [1.165, 1.54) is 0 Å². The molecule has 1 atom stereocenters. The Hall–Kier alpha value is -0.350. The van der Waals surface area contributed by atoms with Crippen LogP contribution >= 0.6 is 23.2 Å². The van der Waals surface area contributed by atoms with Crippen LogP contribution in [0, 0.1) is 0 Å². The van der Waals surface area contributed by atoms with Crippen molar-refractivity contribution in [2.24, 2.45) is 0 Å². The normalized spacial score (nSPS) is 26.0. The first-order valence-electron chi connectivity index (χ1n) is 6.22. The molecule has 18 heavy (non-hydrogen) atoms. The largest absolute Gasteiger partial charge is 0.390 e. The van der Waals surface area contributed by atoms with Crippen LogP contribution in [0.2, 0.25) is 10.2 Å². The maximum absolute atomic E-state index is 10.0. The first-order valence-corrected chi connectivity index (χ1v) is 6.97. The molecule has 2 rings (SSSR count). The second-order valence-corrected chi connectivity index (χ2v) is 5.98. The Bertz CT molecular complexity index is 423. The predicted octanol–water partition coefficient (Wildman–Crippen LogP) is 3.13. The van der Waals surface area contributed by atoms with E-state index in [0.29, 0.717) is 16.7 Å². The lowest BCUT2D eigenvalue weighted by Gasteiger charge is -2.22. The zero-order chi connectivity index (χ0) is 13.2. The van der Waals surface area contributed by atoms with Crippen LogP contribution in [0.25, 0.3) is 0 Å². The number of rotatable bonds is 2. The third-order valence-corrected chi connectivity index (χ3v) is 3.97. The molecule has 0 aliphatic carbocycles. The first-order chi connectivity index (χ1) is 8.46. The minimum absolute atomic E-state index is 0.469. The molecule has 1 fully saturated rings. The summed E-state index contributed by atoms with van der Waals surface area (Å²) in [5.74, 6) is 0. The molecule has 0 bridgehead atoms. The highest BCUT2D eigenvalue weighted by atomic mass is 35.5. The van der Waals surface area contributed by atoms with E-state index in [1.54, 1.807) is 12.1 Å². The molecule has 1 saturated heterocycles. The quantitative estimate of drug-likeness (QED) is 0.850. The molecule has 1 aliphatic heterocycles. The van der Waals surface area contributed by atoms with E-state index in [2.05, 4.69) is 9.88 Å². The van der Waals surface area contributed by atoms with Crippen LogP contribution in [0.5, 0.6) is 0 Å². The Morgan fingerprint density at radius 2 is 2.11 bits per heavy atom. The molecule has 1 unspecified atom stereocenters. The minimum Gasteiger partial charge on any atom is -0.390 e. The first kappa shape index (κ1) is 14.1. The van der Waals surface area contributed by atoms with Crippen molar-refractivity contribution in [2.45, 2.75) is 38.3 Å². The molecule has 3 nitrogen and oxygen atoms in total. The van der Waals surface area contributed by atoms with Crippen molar-refractivity contribution in [3.63, 3.8) is 0 Å². The lowest BCUT2D eigenvalue weighted by Crippen LogP contribution is -2.28. The summed E-state index contributed by atoms with van der Waals surface area (Å²) in [4.78, 5) is 6.53. The van der Waals surface area contributed by atoms with Crippen LogP contribution in [0.15, 0.2) is 12.1 Å². The number of aliphatic hydroxyl groups is 1. The average Bonchev–Trinajstić information content (AvgIpc) is 2.46. The highest BCUT2D eigenvalue weighted by molar-refractivity contribution is 6.32. The summed E-state index contributed by atoms with van der Waals surface area (Å²) in [5.41, 5.74) is 0.269. The molecule has 2 heterocycles. The summed E-state index contributed by atoms with van der Waals surface area (Å²) < 4.78 is 0. The van der Waals surface area contributed by atoms with Gasteiger partial charge >= 0.3 is 0 Å². The van der Waals surface area contributed by atoms with Gasteiger partial charge in [0.05, 0.1) is 16.3 Å². The SMILES string of the molecule is CC1(O)CCCN(Cc2nc(Cl)ccc2Cl)CC1. The Balaban J connectivity index is 2.03. The van der Waals surface area contributed by atoms with E-state index in [4.69, 9.17) is 23.2 Å². The standard InChI is InChI=1S/C13H18Cl2N2O/c1-13(18)5-2-7-17(8-6-13)9-11-10(14)3-4-12(15)16-11/h3-4,18H,2,5-9H2,1H3. The van der Waals surface area contributed by atoms with Gasteiger partial charge in [-0.05, 0) is 44.9 Å². The van der Waals surface area contributed by atoms with Crippen molar-refractivity contribution in [1.29, 1.82) is 0 Å². The molecule has 100 valence electrons. The van der Waals surface area contributed by atoms with Gasteiger partial charge in [0.25, 0.3) is 0 Å². The van der Waals surface area contributed by atoms with Crippen LogP contribution in [0.4, 0.5) is 0 Å². The third kappa shape index (κ3) is 3.82. The maximum atomic E-state index is 10.0. The minimum atomic E-state index is -0.541. The number of nitrogens with zero attached hydrogens (tertiary/aromatic N) is 2. The number of hydrogen-bond donors (Lipinski definition) is 1. The van der Waals surface area contributed by atoms with Gasteiger partial charge in [0, 0.05) is 13.1 Å². The van der Waals surface area contributed by atoms with Gasteiger partial charge < -0.3 is 5.11 Å². The summed E-state index contributed by atoms with van der Waals surface area (Å²) in [6.45, 7) is 4.41. The Morgan fingerprint density at radius 3 is 2.89 bits per heavy atom. The molecule has 5 heteroatoms. The van der Waals surface area contributed by atoms with Gasteiger partial charge in [-0.25, -0.2) is 4.98 Å². The lowest BCUT2D eigenvalue weighted by atomic mass is 9.98. The van der Waals surface area contributed by atoms with E-state index >= 15 is 0 Å². The monoisotopic (exact) mass is 288 g/mol. The van der Waals surface area contributed by atoms with Crippen LogP contribution in [0.3, 0.4) is 0 Å². The van der Waals surface area contributed by atoms with E-state index in [-0.39, 0.29) is 0 Å². The highest BCUT2D eigenvalue weighted by Crippen LogP contribution is 2.24. The topological polar surface area (TPSA) is 36.4 Å². The van der Waals surface area contributed by atoms with Crippen LogP contribution < -0.4 is 0 Å². The summed E-state index contributed by atoms with van der Waals surface area (Å²) >= 11 is 12.0. The van der Waals surface area contributed by atoms with E-state index in [1.807, 2.05) is 6.92 Å². The number of likely N-dealkylation sites (tertiary alicyclic amines) is 1. The Kier molecular flexibility index (Phi) is 4.49. The fourth-order valence-electron chi connectivity index (χ4n) is 2.26. The van der Waals surface area contributed by atoms with Crippen molar-refractivity contribution in [3.8, 4) is 0 Å². The fourth-order valence-corrected chi connectivity index (χ4v) is 2.59. The second kappa shape index (κ2) is 5.74. The van der Waals surface area contributed by atoms with Crippen molar-refractivity contribution in [3.05, 3.63) is 28.0 Å². The zero-order valence-corrected chi connectivity index (χ0v) is 12.0. The van der Waals surface area contributed by atoms with Gasteiger partial charge in [0.15, 0.2) is 0 Å². The van der Waals surface area contributed by atoms with E-state index in [9.17, 15) is 5.11 Å². The van der Waals surface area contributed by atoms with Crippen LogP contribution in [-0.4, -0.2) is 33.7 Å². The molecule has 0 radical (unpaired) electrons. The van der Waals surface area contributed by atoms with Crippen molar-refractivity contribution in [2.75, 3.05) is 13.1 Å². The maximum Gasteiger partial charge on any atom is 0.129 e. The predicted molar refractivity (Wildman–Crippen MR) is 74.0 cm³/mol. The number of hydrogen-bond acceptors (Lipinski definition) is 3. The molecule has 1 aliphatic rings. The Labute approximate surface area is 118 Å². The second-order valence-electron chi connectivity index (χ2n) is 5.19. The molecule has 0 aromatic carbocycles. The van der Waals surface area contributed by atoms with Gasteiger partial charge in [0.2, 0.25) is 0 Å². The fraction of sp³-hybridized carbons (Fsp3) is 0.615. The van der Waals surface area contributed by atoms with Crippen molar-refractivity contribution in [1.82, 2.24) is 9.88 Å². The molecule has 0 saturated carbocycles. The van der Waals surface area contributed by atoms with Crippen molar-refractivity contribution < 1.29 is 5.11 Å². The molecule has 1 aromatic heterocycles. The molecule has 0 spiro atoms. The molecule has 0 amide bonds. The van der Waals surface area contributed by atoms with Gasteiger partial charge in [0.1, 0.15) is 5.15 Å². The molecular formula is C13H18Cl2N2O. The number of halogens is 2. The highest BCUT2D eigenvalue weighted by Gasteiger charge is 2.25. The van der Waals surface area contributed by atoms with Gasteiger partial charge in [-0.2, -0.15) is 0 Å². The zero-order valence-electron chi connectivity index (χ0n) is 10.5. The van der Waals surface area contributed by atoms with Crippen LogP contribution in [0.1, 0.15) is 31.9 Å². The van der Waals surface area contributed by atoms with E-state index < -0.39 is 5.60 Å². The number of pyridine rings is 1. The molecule has 1 aromatic rings. The van der Waals surface area contributed by atoms with Gasteiger partial charge in [-0.1, -0.05) is 23.2 Å². The third-order valence-electron chi connectivity index (χ3n) is 3.41. The lowest BCUT2D eigenvalue weighted by molar-refractivity contribution is 0.0444. The average molecular weight is 289 g/mol. The molecular weight excluding hydrogens is 271 g/mol. The number of aromatic nitrogens is 1. The van der Waals surface area contributed by atoms with Gasteiger partial charge in [-0.15, -0.1) is 0 Å². The molecule has 1 N–H and O–H groups in total. The van der Waals surface area contributed by atoms with Crippen LogP contribution in [-0.2, 0) is 6.54 Å². The van der Waals surface area contributed by atoms with Crippen molar-refractivity contribution >= 4 is 23.2 Å². The summed E-state index contributed by atoms with van der Waals surface area (Å²) in [6.07, 6.45) is 2.62. The summed E-state index contributed by atoms with van der Waals surface area (Å²) in [6, 6.07) is 3.47. The van der Waals surface area contributed by atoms with E-state index in [0.717, 1.165) is 38.0 Å². The Morgan fingerprint density at radius 1 is 1.33 bits per heavy atom. The summed E-state index contributed by atoms with van der Waals surface area (Å²) in [7, 11) is 0. The van der Waals surface area contributed by atoms with Gasteiger partial charge in [-0.3, -0.25) is 4.90 Å².